The Labute approximate surface area is 149 Å². The fraction of sp³-hybridized carbons (Fsp3) is 0. The van der Waals surface area contributed by atoms with Crippen LogP contribution >= 0.6 is 34.5 Å². The average Bonchev–Trinajstić information content (AvgIpc) is 3.04. The fourth-order valence-corrected chi connectivity index (χ4v) is 2.71. The van der Waals surface area contributed by atoms with E-state index in [2.05, 4.69) is 25.6 Å². The molecular weight excluding hydrogens is 375 g/mol. The van der Waals surface area contributed by atoms with Gasteiger partial charge in [0.1, 0.15) is 6.33 Å². The van der Waals surface area contributed by atoms with Crippen LogP contribution in [0.5, 0.6) is 0 Å². The van der Waals surface area contributed by atoms with E-state index in [1.165, 1.54) is 17.7 Å². The summed E-state index contributed by atoms with van der Waals surface area (Å²) in [6, 6.07) is 4.73. The number of nitrogens with zero attached hydrogens (tertiary/aromatic N) is 4. The van der Waals surface area contributed by atoms with Crippen molar-refractivity contribution in [3.63, 3.8) is 0 Å². The van der Waals surface area contributed by atoms with Crippen LogP contribution in [0.25, 0.3) is 0 Å². The van der Waals surface area contributed by atoms with E-state index in [0.29, 0.717) is 20.9 Å². The molecule has 0 aliphatic heterocycles. The highest BCUT2D eigenvalue weighted by molar-refractivity contribution is 7.13. The monoisotopic (exact) mass is 382 g/mol. The SMILES string of the molecule is O=[N+]([O-])c1c(Nc2nccs2)ncnc1Nc1cc(Cl)ccc1Cl. The Morgan fingerprint density at radius 3 is 2.54 bits per heavy atom. The first-order valence-corrected chi connectivity index (χ1v) is 8.06. The van der Waals surface area contributed by atoms with E-state index in [4.69, 9.17) is 23.2 Å². The number of hydrogen-bond donors (Lipinski definition) is 2. The van der Waals surface area contributed by atoms with E-state index in [0.717, 1.165) is 0 Å². The first-order chi connectivity index (χ1) is 11.5. The molecule has 0 fully saturated rings. The van der Waals surface area contributed by atoms with Gasteiger partial charge in [-0.15, -0.1) is 11.3 Å². The van der Waals surface area contributed by atoms with E-state index in [1.807, 2.05) is 0 Å². The maximum atomic E-state index is 11.5. The third kappa shape index (κ3) is 3.53. The van der Waals surface area contributed by atoms with Crippen molar-refractivity contribution < 1.29 is 4.92 Å². The minimum atomic E-state index is -0.587. The molecule has 3 aromatic rings. The predicted octanol–water partition coefficient (Wildman–Crippen LogP) is 4.64. The number of nitrogens with one attached hydrogen (secondary N) is 2. The summed E-state index contributed by atoms with van der Waals surface area (Å²) in [5, 5.41) is 20.1. The standard InChI is InChI=1S/C13H8Cl2N6O2S/c14-7-1-2-8(15)9(5-7)19-11-10(21(22)23)12(18-6-17-11)20-13-16-3-4-24-13/h1-6H,(H2,16,17,18,19,20). The van der Waals surface area contributed by atoms with Crippen LogP contribution in [0.2, 0.25) is 10.0 Å². The van der Waals surface area contributed by atoms with Crippen LogP contribution in [-0.2, 0) is 0 Å². The summed E-state index contributed by atoms with van der Waals surface area (Å²) in [6.07, 6.45) is 2.77. The molecule has 11 heteroatoms. The van der Waals surface area contributed by atoms with Crippen molar-refractivity contribution in [1.82, 2.24) is 15.0 Å². The lowest BCUT2D eigenvalue weighted by molar-refractivity contribution is -0.383. The number of benzene rings is 1. The van der Waals surface area contributed by atoms with E-state index >= 15 is 0 Å². The maximum absolute atomic E-state index is 11.5. The molecule has 3 rings (SSSR count). The van der Waals surface area contributed by atoms with Crippen molar-refractivity contribution in [2.24, 2.45) is 0 Å². The Kier molecular flexibility index (Phi) is 4.74. The molecule has 0 radical (unpaired) electrons. The zero-order valence-electron chi connectivity index (χ0n) is 11.7. The van der Waals surface area contributed by atoms with E-state index < -0.39 is 4.92 Å². The summed E-state index contributed by atoms with van der Waals surface area (Å²) < 4.78 is 0. The van der Waals surface area contributed by atoms with Crippen LogP contribution in [-0.4, -0.2) is 19.9 Å². The first kappa shape index (κ1) is 16.4. The summed E-state index contributed by atoms with van der Waals surface area (Å²) in [5.41, 5.74) is 0.0647. The van der Waals surface area contributed by atoms with Gasteiger partial charge >= 0.3 is 5.69 Å². The van der Waals surface area contributed by atoms with E-state index in [-0.39, 0.29) is 17.3 Å². The van der Waals surface area contributed by atoms with Crippen molar-refractivity contribution in [1.29, 1.82) is 0 Å². The van der Waals surface area contributed by atoms with Crippen molar-refractivity contribution in [2.75, 3.05) is 10.6 Å². The minimum Gasteiger partial charge on any atom is -0.333 e. The predicted molar refractivity (Wildman–Crippen MR) is 93.8 cm³/mol. The number of rotatable bonds is 5. The van der Waals surface area contributed by atoms with Gasteiger partial charge in [-0.3, -0.25) is 10.1 Å². The van der Waals surface area contributed by atoms with Gasteiger partial charge in [-0.05, 0) is 18.2 Å². The molecule has 0 saturated heterocycles. The zero-order chi connectivity index (χ0) is 17.1. The van der Waals surface area contributed by atoms with Gasteiger partial charge < -0.3 is 10.6 Å². The molecule has 1 aromatic carbocycles. The molecule has 122 valence electrons. The second-order valence-electron chi connectivity index (χ2n) is 4.39. The molecule has 0 amide bonds. The Bertz CT molecular complexity index is 890. The quantitative estimate of drug-likeness (QED) is 0.488. The molecule has 24 heavy (non-hydrogen) atoms. The van der Waals surface area contributed by atoms with Crippen molar-refractivity contribution >= 4 is 62.7 Å². The van der Waals surface area contributed by atoms with E-state index in [1.54, 1.807) is 29.8 Å². The molecule has 2 aromatic heterocycles. The molecule has 2 heterocycles. The normalized spacial score (nSPS) is 10.4. The lowest BCUT2D eigenvalue weighted by atomic mass is 10.3. The number of thiazole rings is 1. The summed E-state index contributed by atoms with van der Waals surface area (Å²) in [6.45, 7) is 0. The minimum absolute atomic E-state index is 0.0155. The van der Waals surface area contributed by atoms with Gasteiger partial charge in [0.15, 0.2) is 5.13 Å². The summed E-state index contributed by atoms with van der Waals surface area (Å²) in [4.78, 5) is 22.8. The molecule has 0 aliphatic rings. The van der Waals surface area contributed by atoms with Gasteiger partial charge in [0.2, 0.25) is 11.6 Å². The Morgan fingerprint density at radius 1 is 1.12 bits per heavy atom. The fourth-order valence-electron chi connectivity index (χ4n) is 1.84. The molecule has 0 saturated carbocycles. The number of hydrogen-bond acceptors (Lipinski definition) is 8. The van der Waals surface area contributed by atoms with Crippen LogP contribution in [0.4, 0.5) is 28.1 Å². The Balaban J connectivity index is 2.01. The molecule has 0 atom stereocenters. The number of nitro groups is 1. The second kappa shape index (κ2) is 6.95. The Hall–Kier alpha value is -2.49. The smallest absolute Gasteiger partial charge is 0.333 e. The number of aromatic nitrogens is 3. The largest absolute Gasteiger partial charge is 0.353 e. The van der Waals surface area contributed by atoms with Gasteiger partial charge in [0.25, 0.3) is 0 Å². The highest BCUT2D eigenvalue weighted by atomic mass is 35.5. The van der Waals surface area contributed by atoms with Crippen LogP contribution in [0.3, 0.4) is 0 Å². The molecule has 0 aliphatic carbocycles. The van der Waals surface area contributed by atoms with Crippen molar-refractivity contribution in [3.8, 4) is 0 Å². The summed E-state index contributed by atoms with van der Waals surface area (Å²) in [5.74, 6) is 0.00354. The van der Waals surface area contributed by atoms with Crippen LogP contribution in [0.15, 0.2) is 36.1 Å². The van der Waals surface area contributed by atoms with E-state index in [9.17, 15) is 10.1 Å². The van der Waals surface area contributed by atoms with Gasteiger partial charge in [-0.1, -0.05) is 23.2 Å². The lowest BCUT2D eigenvalue weighted by Crippen LogP contribution is -2.05. The van der Waals surface area contributed by atoms with Crippen LogP contribution in [0.1, 0.15) is 0 Å². The average molecular weight is 383 g/mol. The molecule has 0 unspecified atom stereocenters. The molecule has 0 spiro atoms. The van der Waals surface area contributed by atoms with Crippen LogP contribution < -0.4 is 10.6 Å². The van der Waals surface area contributed by atoms with Gasteiger partial charge in [0.05, 0.1) is 15.6 Å². The maximum Gasteiger partial charge on any atom is 0.353 e. The molecule has 0 bridgehead atoms. The topological polar surface area (TPSA) is 106 Å². The van der Waals surface area contributed by atoms with Crippen molar-refractivity contribution in [3.05, 3.63) is 56.3 Å². The molecule has 8 nitrogen and oxygen atoms in total. The summed E-state index contributed by atoms with van der Waals surface area (Å²) in [7, 11) is 0. The van der Waals surface area contributed by atoms with Gasteiger partial charge in [0, 0.05) is 16.6 Å². The van der Waals surface area contributed by atoms with Gasteiger partial charge in [-0.2, -0.15) is 0 Å². The highest BCUT2D eigenvalue weighted by Gasteiger charge is 2.24. The zero-order valence-corrected chi connectivity index (χ0v) is 14.1. The highest BCUT2D eigenvalue weighted by Crippen LogP contribution is 2.35. The molecule has 2 N–H and O–H groups in total. The number of halogens is 2. The molecular formula is C13H8Cl2N6O2S. The van der Waals surface area contributed by atoms with Crippen molar-refractivity contribution in [2.45, 2.75) is 0 Å². The van der Waals surface area contributed by atoms with Crippen LogP contribution in [0, 0.1) is 10.1 Å². The third-order valence-corrected chi connectivity index (χ3v) is 4.10. The summed E-state index contributed by atoms with van der Waals surface area (Å²) >= 11 is 13.3. The third-order valence-electron chi connectivity index (χ3n) is 2.84. The number of anilines is 4. The second-order valence-corrected chi connectivity index (χ2v) is 6.13. The Morgan fingerprint density at radius 2 is 1.88 bits per heavy atom. The van der Waals surface area contributed by atoms with Gasteiger partial charge in [-0.25, -0.2) is 15.0 Å². The lowest BCUT2D eigenvalue weighted by Gasteiger charge is -2.10. The first-order valence-electron chi connectivity index (χ1n) is 6.42.